The maximum atomic E-state index is 12.2. The highest BCUT2D eigenvalue weighted by Crippen LogP contribution is 2.16. The molecule has 0 unspecified atom stereocenters. The zero-order valence-electron chi connectivity index (χ0n) is 18.0. The Hall–Kier alpha value is -2.40. The fourth-order valence-corrected chi connectivity index (χ4v) is 3.62. The molecule has 0 aliphatic carbocycles. The summed E-state index contributed by atoms with van der Waals surface area (Å²) in [6, 6.07) is 12.7. The molecule has 0 bridgehead atoms. The van der Waals surface area contributed by atoms with Gasteiger partial charge in [-0.1, -0.05) is 51.1 Å². The van der Waals surface area contributed by atoms with Crippen molar-refractivity contribution in [3.05, 3.63) is 59.3 Å². The summed E-state index contributed by atoms with van der Waals surface area (Å²) in [4.78, 5) is 21.6. The summed E-state index contributed by atoms with van der Waals surface area (Å²) in [5, 5.41) is 3.01. The first kappa shape index (κ1) is 21.3. The number of aromatic nitrogens is 1. The number of aryl methyl sites for hydroxylation is 1. The third kappa shape index (κ3) is 6.29. The molecule has 1 fully saturated rings. The van der Waals surface area contributed by atoms with Gasteiger partial charge in [-0.25, -0.2) is 4.98 Å². The maximum Gasteiger partial charge on any atom is 0.220 e. The lowest BCUT2D eigenvalue weighted by atomic mass is 10.0. The van der Waals surface area contributed by atoms with Crippen molar-refractivity contribution in [2.24, 2.45) is 0 Å². The van der Waals surface area contributed by atoms with Gasteiger partial charge in [0.2, 0.25) is 5.91 Å². The molecule has 0 spiro atoms. The summed E-state index contributed by atoms with van der Waals surface area (Å²) in [5.74, 6) is 1.65. The first-order valence-corrected chi connectivity index (χ1v) is 10.8. The van der Waals surface area contributed by atoms with E-state index in [1.165, 1.54) is 11.1 Å². The molecule has 2 aromatic rings. The highest BCUT2D eigenvalue weighted by atomic mass is 16.1. The minimum atomic E-state index is 0.0812. The maximum absolute atomic E-state index is 12.2. The number of rotatable bonds is 8. The van der Waals surface area contributed by atoms with Gasteiger partial charge in [0.1, 0.15) is 5.82 Å². The van der Waals surface area contributed by atoms with E-state index in [1.807, 2.05) is 6.20 Å². The van der Waals surface area contributed by atoms with Gasteiger partial charge in [0.15, 0.2) is 0 Å². The molecule has 0 saturated carbocycles. The van der Waals surface area contributed by atoms with Gasteiger partial charge >= 0.3 is 0 Å². The molecule has 0 radical (unpaired) electrons. The Morgan fingerprint density at radius 2 is 1.72 bits per heavy atom. The predicted octanol–water partition coefficient (Wildman–Crippen LogP) is 3.60. The number of amides is 1. The van der Waals surface area contributed by atoms with Crippen molar-refractivity contribution in [1.82, 2.24) is 15.2 Å². The molecule has 1 saturated heterocycles. The molecule has 1 amide bonds. The SMILES string of the molecule is CCN1CCN(c2ccc(CNC(=O)CCc3ccc(C(C)C)cc3)cn2)CC1. The van der Waals surface area contributed by atoms with Crippen LogP contribution in [0.25, 0.3) is 0 Å². The van der Waals surface area contributed by atoms with Gasteiger partial charge in [-0.05, 0) is 41.6 Å². The molecule has 5 nitrogen and oxygen atoms in total. The van der Waals surface area contributed by atoms with E-state index in [4.69, 9.17) is 0 Å². The molecule has 0 atom stereocenters. The quantitative estimate of drug-likeness (QED) is 0.743. The van der Waals surface area contributed by atoms with Crippen LogP contribution < -0.4 is 10.2 Å². The van der Waals surface area contributed by atoms with Gasteiger partial charge in [-0.2, -0.15) is 0 Å². The molecule has 5 heteroatoms. The Kier molecular flexibility index (Phi) is 7.64. The Labute approximate surface area is 175 Å². The Balaban J connectivity index is 1.41. The normalized spacial score (nSPS) is 15.0. The van der Waals surface area contributed by atoms with E-state index in [0.717, 1.165) is 50.5 Å². The van der Waals surface area contributed by atoms with Crippen molar-refractivity contribution in [3.8, 4) is 0 Å². The van der Waals surface area contributed by atoms with Crippen molar-refractivity contribution < 1.29 is 4.79 Å². The van der Waals surface area contributed by atoms with Crippen LogP contribution in [0, 0.1) is 0 Å². The first-order chi connectivity index (χ1) is 14.0. The Bertz CT molecular complexity index is 762. The van der Waals surface area contributed by atoms with E-state index in [2.05, 4.69) is 77.3 Å². The van der Waals surface area contributed by atoms with Gasteiger partial charge in [0, 0.05) is 45.3 Å². The number of nitrogens with zero attached hydrogens (tertiary/aromatic N) is 3. The zero-order chi connectivity index (χ0) is 20.6. The van der Waals surface area contributed by atoms with E-state index >= 15 is 0 Å². The summed E-state index contributed by atoms with van der Waals surface area (Å²) in [6.07, 6.45) is 3.16. The van der Waals surface area contributed by atoms with Crippen LogP contribution in [-0.4, -0.2) is 48.5 Å². The van der Waals surface area contributed by atoms with Crippen molar-refractivity contribution in [2.45, 2.75) is 46.1 Å². The average Bonchev–Trinajstić information content (AvgIpc) is 2.77. The molecule has 1 N–H and O–H groups in total. The topological polar surface area (TPSA) is 48.5 Å². The van der Waals surface area contributed by atoms with Crippen LogP contribution in [0.2, 0.25) is 0 Å². The molecule has 1 aliphatic heterocycles. The lowest BCUT2D eigenvalue weighted by molar-refractivity contribution is -0.121. The number of benzene rings is 1. The number of hydrogen-bond acceptors (Lipinski definition) is 4. The predicted molar refractivity (Wildman–Crippen MR) is 119 cm³/mol. The highest BCUT2D eigenvalue weighted by molar-refractivity contribution is 5.76. The summed E-state index contributed by atoms with van der Waals surface area (Å²) < 4.78 is 0. The van der Waals surface area contributed by atoms with Gasteiger partial charge in [-0.15, -0.1) is 0 Å². The molecule has 1 aromatic heterocycles. The second-order valence-electron chi connectivity index (χ2n) is 8.12. The fraction of sp³-hybridized carbons (Fsp3) is 0.500. The standard InChI is InChI=1S/C24H34N4O/c1-4-27-13-15-28(16-14-27)23-11-7-21(17-25-23)18-26-24(29)12-8-20-5-9-22(10-6-20)19(2)3/h5-7,9-11,17,19H,4,8,12-16,18H2,1-3H3,(H,26,29). The third-order valence-electron chi connectivity index (χ3n) is 5.73. The van der Waals surface area contributed by atoms with Gasteiger partial charge in [-0.3, -0.25) is 4.79 Å². The summed E-state index contributed by atoms with van der Waals surface area (Å²) in [7, 11) is 0. The molecule has 1 aliphatic rings. The molecular formula is C24H34N4O. The Morgan fingerprint density at radius 3 is 2.31 bits per heavy atom. The van der Waals surface area contributed by atoms with Crippen LogP contribution in [0.5, 0.6) is 0 Å². The van der Waals surface area contributed by atoms with E-state index in [9.17, 15) is 4.79 Å². The molecular weight excluding hydrogens is 360 g/mol. The van der Waals surface area contributed by atoms with Crippen LogP contribution in [0.1, 0.15) is 49.8 Å². The largest absolute Gasteiger partial charge is 0.354 e. The summed E-state index contributed by atoms with van der Waals surface area (Å²) >= 11 is 0. The van der Waals surface area contributed by atoms with Crippen LogP contribution in [0.4, 0.5) is 5.82 Å². The second kappa shape index (κ2) is 10.4. The molecule has 3 rings (SSSR count). The fourth-order valence-electron chi connectivity index (χ4n) is 3.62. The average molecular weight is 395 g/mol. The van der Waals surface area contributed by atoms with Crippen LogP contribution >= 0.6 is 0 Å². The first-order valence-electron chi connectivity index (χ1n) is 10.8. The summed E-state index contributed by atoms with van der Waals surface area (Å²) in [5.41, 5.74) is 3.58. The number of likely N-dealkylation sites (N-methyl/N-ethyl adjacent to an activating group) is 1. The van der Waals surface area contributed by atoms with E-state index in [1.54, 1.807) is 0 Å². The van der Waals surface area contributed by atoms with E-state index < -0.39 is 0 Å². The highest BCUT2D eigenvalue weighted by Gasteiger charge is 2.16. The van der Waals surface area contributed by atoms with Crippen molar-refractivity contribution >= 4 is 11.7 Å². The number of carbonyl (C=O) groups excluding carboxylic acids is 1. The minimum Gasteiger partial charge on any atom is -0.354 e. The molecule has 2 heterocycles. The van der Waals surface area contributed by atoms with Crippen molar-refractivity contribution in [3.63, 3.8) is 0 Å². The van der Waals surface area contributed by atoms with Crippen molar-refractivity contribution in [1.29, 1.82) is 0 Å². The molecule has 29 heavy (non-hydrogen) atoms. The number of carbonyl (C=O) groups is 1. The lowest BCUT2D eigenvalue weighted by Crippen LogP contribution is -2.46. The van der Waals surface area contributed by atoms with Gasteiger partial charge in [0.25, 0.3) is 0 Å². The number of anilines is 1. The third-order valence-corrected chi connectivity index (χ3v) is 5.73. The van der Waals surface area contributed by atoms with Gasteiger partial charge < -0.3 is 15.1 Å². The van der Waals surface area contributed by atoms with Crippen LogP contribution in [0.3, 0.4) is 0 Å². The lowest BCUT2D eigenvalue weighted by Gasteiger charge is -2.34. The van der Waals surface area contributed by atoms with E-state index in [0.29, 0.717) is 18.9 Å². The monoisotopic (exact) mass is 394 g/mol. The number of hydrogen-bond donors (Lipinski definition) is 1. The molecule has 1 aromatic carbocycles. The number of pyridine rings is 1. The Morgan fingerprint density at radius 1 is 1.03 bits per heavy atom. The zero-order valence-corrected chi connectivity index (χ0v) is 18.0. The van der Waals surface area contributed by atoms with Crippen LogP contribution in [-0.2, 0) is 17.8 Å². The summed E-state index contributed by atoms with van der Waals surface area (Å²) in [6.45, 7) is 12.5. The smallest absolute Gasteiger partial charge is 0.220 e. The second-order valence-corrected chi connectivity index (χ2v) is 8.12. The van der Waals surface area contributed by atoms with Gasteiger partial charge in [0.05, 0.1) is 0 Å². The van der Waals surface area contributed by atoms with E-state index in [-0.39, 0.29) is 5.91 Å². The minimum absolute atomic E-state index is 0.0812. The van der Waals surface area contributed by atoms with Crippen LogP contribution in [0.15, 0.2) is 42.6 Å². The molecule has 156 valence electrons. The number of nitrogens with one attached hydrogen (secondary N) is 1. The van der Waals surface area contributed by atoms with Crippen molar-refractivity contribution in [2.75, 3.05) is 37.6 Å². The number of piperazine rings is 1.